The van der Waals surface area contributed by atoms with Gasteiger partial charge < -0.3 is 5.32 Å². The quantitative estimate of drug-likeness (QED) is 0.711. The molecule has 5 heteroatoms. The molecule has 1 heterocycles. The van der Waals surface area contributed by atoms with E-state index in [9.17, 15) is 0 Å². The molecule has 1 N–H and O–H groups in total. The maximum atomic E-state index is 6.34. The van der Waals surface area contributed by atoms with Crippen molar-refractivity contribution in [1.29, 1.82) is 0 Å². The summed E-state index contributed by atoms with van der Waals surface area (Å²) < 4.78 is 0.977. The van der Waals surface area contributed by atoms with Gasteiger partial charge in [0.25, 0.3) is 0 Å². The van der Waals surface area contributed by atoms with Crippen molar-refractivity contribution in [1.82, 2.24) is 10.3 Å². The summed E-state index contributed by atoms with van der Waals surface area (Å²) in [6.07, 6.45) is 2.93. The van der Waals surface area contributed by atoms with Crippen LogP contribution in [0.25, 0.3) is 0 Å². The van der Waals surface area contributed by atoms with Crippen LogP contribution in [0.5, 0.6) is 0 Å². The molecule has 0 unspecified atom stereocenters. The van der Waals surface area contributed by atoms with Crippen molar-refractivity contribution in [2.75, 3.05) is 6.54 Å². The van der Waals surface area contributed by atoms with Gasteiger partial charge in [-0.25, -0.2) is 4.98 Å². The molecule has 1 aromatic heterocycles. The smallest absolute Gasteiger partial charge is 0.101 e. The predicted octanol–water partition coefficient (Wildman–Crippen LogP) is 5.15. The highest BCUT2D eigenvalue weighted by Crippen LogP contribution is 2.33. The van der Waals surface area contributed by atoms with Crippen LogP contribution in [-0.2, 0) is 6.54 Å². The van der Waals surface area contributed by atoms with Gasteiger partial charge in [-0.3, -0.25) is 0 Å². The number of benzene rings is 1. The summed E-state index contributed by atoms with van der Waals surface area (Å²) in [5.74, 6) is 0. The van der Waals surface area contributed by atoms with Crippen molar-refractivity contribution in [2.24, 2.45) is 0 Å². The van der Waals surface area contributed by atoms with Gasteiger partial charge in [-0.1, -0.05) is 36.4 Å². The molecular weight excluding hydrogens is 356 g/mol. The molecule has 0 spiro atoms. The third-order valence-electron chi connectivity index (χ3n) is 2.67. The van der Waals surface area contributed by atoms with Crippen molar-refractivity contribution in [3.05, 3.63) is 51.6 Å². The molecule has 2 nitrogen and oxygen atoms in total. The van der Waals surface area contributed by atoms with Crippen LogP contribution in [-0.4, -0.2) is 11.5 Å². The van der Waals surface area contributed by atoms with Crippen molar-refractivity contribution in [3.8, 4) is 0 Å². The van der Waals surface area contributed by atoms with Gasteiger partial charge in [-0.2, -0.15) is 0 Å². The molecule has 0 amide bonds. The van der Waals surface area contributed by atoms with E-state index in [2.05, 4.69) is 45.3 Å². The predicted molar refractivity (Wildman–Crippen MR) is 89.5 cm³/mol. The van der Waals surface area contributed by atoms with Gasteiger partial charge in [0.05, 0.1) is 5.02 Å². The molecule has 1 aromatic carbocycles. The minimum Gasteiger partial charge on any atom is -0.313 e. The molecule has 20 heavy (non-hydrogen) atoms. The van der Waals surface area contributed by atoms with E-state index in [-0.39, 0.29) is 0 Å². The monoisotopic (exact) mass is 370 g/mol. The molecule has 0 aliphatic carbocycles. The average molecular weight is 372 g/mol. The minimum absolute atomic E-state index is 0.774. The van der Waals surface area contributed by atoms with Gasteiger partial charge >= 0.3 is 0 Å². The Balaban J connectivity index is 2.03. The number of nitrogens with zero attached hydrogens (tertiary/aromatic N) is 1. The van der Waals surface area contributed by atoms with Crippen molar-refractivity contribution in [2.45, 2.75) is 29.8 Å². The van der Waals surface area contributed by atoms with E-state index in [0.717, 1.165) is 38.9 Å². The Hall–Kier alpha value is -0.550. The van der Waals surface area contributed by atoms with Crippen molar-refractivity contribution < 1.29 is 0 Å². The molecule has 0 atom stereocenters. The first-order chi connectivity index (χ1) is 9.69. The number of aromatic nitrogens is 1. The van der Waals surface area contributed by atoms with Crippen LogP contribution in [0.4, 0.5) is 0 Å². The molecule has 0 radical (unpaired) electrons. The third kappa shape index (κ3) is 4.77. The summed E-state index contributed by atoms with van der Waals surface area (Å²) in [5.41, 5.74) is 1.21. The van der Waals surface area contributed by atoms with Crippen LogP contribution in [0.15, 0.2) is 50.9 Å². The summed E-state index contributed by atoms with van der Waals surface area (Å²) in [6, 6.07) is 10.1. The lowest BCUT2D eigenvalue weighted by molar-refractivity contribution is 0.675. The normalized spacial score (nSPS) is 10.8. The largest absolute Gasteiger partial charge is 0.313 e. The molecule has 0 saturated carbocycles. The average Bonchev–Trinajstić information content (AvgIpc) is 2.44. The lowest BCUT2D eigenvalue weighted by atomic mass is 10.2. The first-order valence-corrected chi connectivity index (χ1v) is 8.46. The fourth-order valence-electron chi connectivity index (χ4n) is 1.68. The number of nitrogens with one attached hydrogen (secondary N) is 1. The highest BCUT2D eigenvalue weighted by atomic mass is 79.9. The van der Waals surface area contributed by atoms with Gasteiger partial charge in [-0.15, -0.1) is 0 Å². The van der Waals surface area contributed by atoms with Crippen LogP contribution in [0.2, 0.25) is 5.02 Å². The number of hydrogen-bond donors (Lipinski definition) is 1. The fourth-order valence-corrected chi connectivity index (χ4v) is 2.99. The Kier molecular flexibility index (Phi) is 6.36. The summed E-state index contributed by atoms with van der Waals surface area (Å²) in [6.45, 7) is 4.04. The molecular formula is C15H16BrClN2S. The van der Waals surface area contributed by atoms with Crippen molar-refractivity contribution >= 4 is 39.3 Å². The summed E-state index contributed by atoms with van der Waals surface area (Å²) >= 11 is 11.3. The lowest BCUT2D eigenvalue weighted by Crippen LogP contribution is -2.13. The number of halogens is 2. The second kappa shape index (κ2) is 8.03. The van der Waals surface area contributed by atoms with Gasteiger partial charge in [0, 0.05) is 22.1 Å². The van der Waals surface area contributed by atoms with Crippen LogP contribution >= 0.6 is 39.3 Å². The fraction of sp³-hybridized carbons (Fsp3) is 0.267. The Bertz CT molecular complexity index is 560. The lowest BCUT2D eigenvalue weighted by Gasteiger charge is -2.07. The van der Waals surface area contributed by atoms with E-state index in [1.165, 1.54) is 5.56 Å². The Morgan fingerprint density at radius 1 is 1.30 bits per heavy atom. The molecule has 0 bridgehead atoms. The van der Waals surface area contributed by atoms with E-state index in [1.54, 1.807) is 18.0 Å². The molecule has 2 aromatic rings. The van der Waals surface area contributed by atoms with E-state index in [4.69, 9.17) is 11.6 Å². The molecule has 0 fully saturated rings. The number of hydrogen-bond acceptors (Lipinski definition) is 3. The van der Waals surface area contributed by atoms with Crippen LogP contribution < -0.4 is 5.32 Å². The Morgan fingerprint density at radius 3 is 2.80 bits per heavy atom. The maximum Gasteiger partial charge on any atom is 0.101 e. The Morgan fingerprint density at radius 2 is 2.15 bits per heavy atom. The standard InChI is InChI=1S/C15H16BrClN2S/c1-2-7-18-9-11-3-5-14(13(17)8-11)20-15-6-4-12(16)10-19-15/h3-6,8,10,18H,2,7,9H2,1H3. The number of rotatable bonds is 6. The van der Waals surface area contributed by atoms with Crippen LogP contribution in [0, 0.1) is 0 Å². The molecule has 106 valence electrons. The Labute approximate surface area is 137 Å². The molecule has 0 aliphatic rings. The zero-order valence-electron chi connectivity index (χ0n) is 11.2. The summed E-state index contributed by atoms with van der Waals surface area (Å²) in [7, 11) is 0. The van der Waals surface area contributed by atoms with Gasteiger partial charge in [-0.05, 0) is 58.7 Å². The zero-order valence-corrected chi connectivity index (χ0v) is 14.4. The highest BCUT2D eigenvalue weighted by Gasteiger charge is 2.05. The number of pyridine rings is 1. The second-order valence-electron chi connectivity index (χ2n) is 4.36. The van der Waals surface area contributed by atoms with Crippen LogP contribution in [0.1, 0.15) is 18.9 Å². The third-order valence-corrected chi connectivity index (χ3v) is 4.59. The van der Waals surface area contributed by atoms with E-state index < -0.39 is 0 Å². The summed E-state index contributed by atoms with van der Waals surface area (Å²) in [5, 5.41) is 5.08. The molecule has 0 aliphatic heterocycles. The highest BCUT2D eigenvalue weighted by molar-refractivity contribution is 9.10. The first-order valence-electron chi connectivity index (χ1n) is 6.47. The first kappa shape index (κ1) is 15.8. The van der Waals surface area contributed by atoms with E-state index in [0.29, 0.717) is 0 Å². The van der Waals surface area contributed by atoms with Crippen molar-refractivity contribution in [3.63, 3.8) is 0 Å². The van der Waals surface area contributed by atoms with E-state index >= 15 is 0 Å². The van der Waals surface area contributed by atoms with Gasteiger partial charge in [0.2, 0.25) is 0 Å². The van der Waals surface area contributed by atoms with Gasteiger partial charge in [0.15, 0.2) is 0 Å². The maximum absolute atomic E-state index is 6.34. The zero-order chi connectivity index (χ0) is 14.4. The topological polar surface area (TPSA) is 24.9 Å². The van der Waals surface area contributed by atoms with Gasteiger partial charge in [0.1, 0.15) is 5.03 Å². The molecule has 0 saturated heterocycles. The van der Waals surface area contributed by atoms with Crippen LogP contribution in [0.3, 0.4) is 0 Å². The van der Waals surface area contributed by atoms with E-state index in [1.807, 2.05) is 18.2 Å². The summed E-state index contributed by atoms with van der Waals surface area (Å²) in [4.78, 5) is 5.37. The SMILES string of the molecule is CCCNCc1ccc(Sc2ccc(Br)cn2)c(Cl)c1. The second-order valence-corrected chi connectivity index (χ2v) is 6.74. The minimum atomic E-state index is 0.774. The molecule has 2 rings (SSSR count).